The molecule has 8 nitrogen and oxygen atoms in total. The van der Waals surface area contributed by atoms with Crippen molar-refractivity contribution in [1.82, 2.24) is 25.2 Å². The van der Waals surface area contributed by atoms with Crippen LogP contribution in [0.15, 0.2) is 48.8 Å². The summed E-state index contributed by atoms with van der Waals surface area (Å²) in [7, 11) is 0. The molecule has 1 fully saturated rings. The van der Waals surface area contributed by atoms with Crippen LogP contribution in [0.3, 0.4) is 0 Å². The maximum absolute atomic E-state index is 13.5. The highest BCUT2D eigenvalue weighted by molar-refractivity contribution is 7.20. The number of piperidine rings is 1. The van der Waals surface area contributed by atoms with E-state index in [1.807, 2.05) is 18.2 Å². The number of nitrogens with one attached hydrogen (secondary N) is 2. The predicted molar refractivity (Wildman–Crippen MR) is 138 cm³/mol. The van der Waals surface area contributed by atoms with Crippen molar-refractivity contribution < 1.29 is 14.3 Å². The summed E-state index contributed by atoms with van der Waals surface area (Å²) in [4.78, 5) is 29.6. The molecule has 0 radical (unpaired) electrons. The second-order valence-electron chi connectivity index (χ2n) is 8.61. The monoisotopic (exact) mass is 526 g/mol. The number of fused-ring (bicyclic) bond motifs is 1. The number of aliphatic hydroxyl groups is 1. The molecule has 0 aliphatic carbocycles. The maximum Gasteiger partial charge on any atom is 0.261 e. The number of carbonyl (C=O) groups excluding carboxylic acids is 1. The van der Waals surface area contributed by atoms with Crippen molar-refractivity contribution in [2.24, 2.45) is 0 Å². The number of pyridine rings is 1. The average Bonchev–Trinajstić information content (AvgIpc) is 3.33. The number of hydrogen-bond acceptors (Lipinski definition) is 8. The van der Waals surface area contributed by atoms with E-state index in [1.165, 1.54) is 29.8 Å². The number of hydrogen-bond donors (Lipinski definition) is 3. The number of aromatic nitrogens is 3. The zero-order chi connectivity index (χ0) is 25.1. The first-order valence-corrected chi connectivity index (χ1v) is 12.7. The molecule has 0 bridgehead atoms. The van der Waals surface area contributed by atoms with Gasteiger partial charge in [0.25, 0.3) is 5.91 Å². The molecule has 3 N–H and O–H groups in total. The Morgan fingerprint density at radius 2 is 1.97 bits per heavy atom. The molecule has 11 heteroatoms. The van der Waals surface area contributed by atoms with Crippen LogP contribution >= 0.6 is 22.9 Å². The first-order valence-electron chi connectivity index (χ1n) is 11.5. The first kappa shape index (κ1) is 24.5. The molecule has 1 saturated heterocycles. The SMILES string of the molecule is O=C(NC1CCN(Cc2cccc(CO)n2)CC1)c1cc2c(Nc3ccc(F)c(Cl)c3)ncnc2s1. The number of aliphatic hydroxyl groups excluding tert-OH is 1. The number of anilines is 2. The lowest BCUT2D eigenvalue weighted by Crippen LogP contribution is -2.44. The van der Waals surface area contributed by atoms with Crippen LogP contribution in [-0.2, 0) is 13.2 Å². The Labute approximate surface area is 216 Å². The Kier molecular flexibility index (Phi) is 7.38. The third-order valence-corrected chi connectivity index (χ3v) is 7.40. The number of carbonyl (C=O) groups is 1. The molecule has 1 aliphatic rings. The van der Waals surface area contributed by atoms with Crippen LogP contribution in [0.5, 0.6) is 0 Å². The van der Waals surface area contributed by atoms with E-state index in [0.717, 1.165) is 38.2 Å². The Balaban J connectivity index is 1.20. The molecule has 4 aromatic rings. The Morgan fingerprint density at radius 1 is 1.17 bits per heavy atom. The zero-order valence-corrected chi connectivity index (χ0v) is 20.8. The van der Waals surface area contributed by atoms with Crippen molar-refractivity contribution in [2.75, 3.05) is 18.4 Å². The molecule has 0 saturated carbocycles. The zero-order valence-electron chi connectivity index (χ0n) is 19.2. The van der Waals surface area contributed by atoms with Gasteiger partial charge in [0.05, 0.1) is 33.3 Å². The Hall–Kier alpha value is -3.18. The minimum absolute atomic E-state index is 0.0108. The van der Waals surface area contributed by atoms with Gasteiger partial charge in [-0.25, -0.2) is 14.4 Å². The molecule has 0 atom stereocenters. The molecule has 3 aromatic heterocycles. The lowest BCUT2D eigenvalue weighted by atomic mass is 10.0. The fraction of sp³-hybridized carbons (Fsp3) is 0.280. The highest BCUT2D eigenvalue weighted by Crippen LogP contribution is 2.31. The molecular weight excluding hydrogens is 503 g/mol. The summed E-state index contributed by atoms with van der Waals surface area (Å²) in [6, 6.07) is 11.9. The molecule has 0 unspecified atom stereocenters. The van der Waals surface area contributed by atoms with E-state index in [-0.39, 0.29) is 23.6 Å². The van der Waals surface area contributed by atoms with Crippen LogP contribution in [0, 0.1) is 5.82 Å². The smallest absolute Gasteiger partial charge is 0.261 e. The minimum Gasteiger partial charge on any atom is -0.390 e. The summed E-state index contributed by atoms with van der Waals surface area (Å²) in [5.41, 5.74) is 2.19. The molecule has 1 amide bonds. The van der Waals surface area contributed by atoms with Gasteiger partial charge in [-0.1, -0.05) is 17.7 Å². The maximum atomic E-state index is 13.5. The van der Waals surface area contributed by atoms with E-state index < -0.39 is 5.82 Å². The lowest BCUT2D eigenvalue weighted by molar-refractivity contribution is 0.0912. The second kappa shape index (κ2) is 10.8. The van der Waals surface area contributed by atoms with Crippen LogP contribution < -0.4 is 10.6 Å². The van der Waals surface area contributed by atoms with Crippen molar-refractivity contribution in [3.8, 4) is 0 Å². The second-order valence-corrected chi connectivity index (χ2v) is 10.0. The summed E-state index contributed by atoms with van der Waals surface area (Å²) < 4.78 is 13.5. The van der Waals surface area contributed by atoms with Gasteiger partial charge in [0.15, 0.2) is 0 Å². The van der Waals surface area contributed by atoms with Crippen LogP contribution in [0.1, 0.15) is 33.9 Å². The number of likely N-dealkylation sites (tertiary alicyclic amines) is 1. The number of nitrogens with zero attached hydrogens (tertiary/aromatic N) is 4. The van der Waals surface area contributed by atoms with Crippen LogP contribution in [0.25, 0.3) is 10.2 Å². The molecule has 1 aliphatic heterocycles. The van der Waals surface area contributed by atoms with E-state index >= 15 is 0 Å². The van der Waals surface area contributed by atoms with Gasteiger partial charge in [0.1, 0.15) is 22.8 Å². The number of rotatable bonds is 7. The topological polar surface area (TPSA) is 103 Å². The Morgan fingerprint density at radius 3 is 2.75 bits per heavy atom. The van der Waals surface area contributed by atoms with Gasteiger partial charge in [0.2, 0.25) is 0 Å². The summed E-state index contributed by atoms with van der Waals surface area (Å²) in [6.45, 7) is 2.35. The van der Waals surface area contributed by atoms with Crippen molar-refractivity contribution in [1.29, 1.82) is 0 Å². The highest BCUT2D eigenvalue weighted by atomic mass is 35.5. The molecular formula is C25H24ClFN6O2S. The molecule has 1 aromatic carbocycles. The predicted octanol–water partition coefficient (Wildman–Crippen LogP) is 4.51. The fourth-order valence-electron chi connectivity index (χ4n) is 4.20. The van der Waals surface area contributed by atoms with Gasteiger partial charge in [-0.2, -0.15) is 0 Å². The fourth-order valence-corrected chi connectivity index (χ4v) is 5.29. The number of thiophene rings is 1. The van der Waals surface area contributed by atoms with E-state index in [2.05, 4.69) is 30.5 Å². The van der Waals surface area contributed by atoms with Crippen molar-refractivity contribution in [2.45, 2.75) is 32.0 Å². The normalized spacial score (nSPS) is 14.8. The quantitative estimate of drug-likeness (QED) is 0.325. The van der Waals surface area contributed by atoms with Crippen molar-refractivity contribution in [3.05, 3.63) is 75.9 Å². The van der Waals surface area contributed by atoms with Gasteiger partial charge in [-0.15, -0.1) is 11.3 Å². The lowest BCUT2D eigenvalue weighted by Gasteiger charge is -2.32. The van der Waals surface area contributed by atoms with Gasteiger partial charge in [-0.3, -0.25) is 14.7 Å². The van der Waals surface area contributed by atoms with Crippen LogP contribution in [0.4, 0.5) is 15.9 Å². The van der Waals surface area contributed by atoms with Crippen molar-refractivity contribution >= 4 is 50.6 Å². The van der Waals surface area contributed by atoms with Crippen LogP contribution in [-0.4, -0.2) is 50.0 Å². The number of halogens is 2. The van der Waals surface area contributed by atoms with Gasteiger partial charge < -0.3 is 15.7 Å². The Bertz CT molecular complexity index is 1390. The molecule has 5 rings (SSSR count). The largest absolute Gasteiger partial charge is 0.390 e. The summed E-state index contributed by atoms with van der Waals surface area (Å²) >= 11 is 7.19. The highest BCUT2D eigenvalue weighted by Gasteiger charge is 2.23. The minimum atomic E-state index is -0.497. The summed E-state index contributed by atoms with van der Waals surface area (Å²) in [6.07, 6.45) is 3.11. The first-order chi connectivity index (χ1) is 17.5. The average molecular weight is 527 g/mol. The summed E-state index contributed by atoms with van der Waals surface area (Å²) in [5.74, 6) is -0.113. The third-order valence-electron chi connectivity index (χ3n) is 6.07. The summed E-state index contributed by atoms with van der Waals surface area (Å²) in [5, 5.41) is 16.3. The van der Waals surface area contributed by atoms with Crippen molar-refractivity contribution in [3.63, 3.8) is 0 Å². The molecule has 36 heavy (non-hydrogen) atoms. The third kappa shape index (κ3) is 5.62. The molecule has 0 spiro atoms. The number of benzene rings is 1. The van der Waals surface area contributed by atoms with E-state index in [1.54, 1.807) is 12.1 Å². The molecule has 4 heterocycles. The van der Waals surface area contributed by atoms with E-state index in [0.29, 0.717) is 32.3 Å². The van der Waals surface area contributed by atoms with Crippen LogP contribution in [0.2, 0.25) is 5.02 Å². The van der Waals surface area contributed by atoms with Gasteiger partial charge in [-0.05, 0) is 49.2 Å². The van der Waals surface area contributed by atoms with Gasteiger partial charge in [0, 0.05) is 31.4 Å². The van der Waals surface area contributed by atoms with E-state index in [9.17, 15) is 14.3 Å². The van der Waals surface area contributed by atoms with Gasteiger partial charge >= 0.3 is 0 Å². The number of amides is 1. The molecule has 186 valence electrons. The standard InChI is InChI=1S/C25H24ClFN6O2S/c26-20-10-16(4-5-21(20)27)31-23-19-11-22(36-25(19)29-14-28-23)24(35)32-15-6-8-33(9-7-15)12-17-2-1-3-18(13-34)30-17/h1-5,10-11,14-15,34H,6-9,12-13H2,(H,32,35)(H,28,29,31). The van der Waals surface area contributed by atoms with E-state index in [4.69, 9.17) is 11.6 Å².